The minimum Gasteiger partial charge on any atom is -0.454 e. The molecule has 6 heteroatoms. The van der Waals surface area contributed by atoms with Crippen molar-refractivity contribution in [1.82, 2.24) is 19.5 Å². The Balaban J connectivity index is 1.08. The molecule has 0 radical (unpaired) electrons. The van der Waals surface area contributed by atoms with Crippen LogP contribution in [0.4, 0.5) is 0 Å². The number of hydrogen-bond acceptors (Lipinski definition) is 5. The van der Waals surface area contributed by atoms with E-state index in [2.05, 4.69) is 76.3 Å². The second kappa shape index (κ2) is 9.99. The summed E-state index contributed by atoms with van der Waals surface area (Å²) in [7, 11) is 0. The van der Waals surface area contributed by atoms with Crippen LogP contribution in [-0.4, -0.2) is 19.5 Å². The van der Waals surface area contributed by atoms with Gasteiger partial charge in [0.15, 0.2) is 17.0 Å². The molecule has 0 amide bonds. The number of benzene rings is 5. The second-order valence-electron chi connectivity index (χ2n) is 11.6. The summed E-state index contributed by atoms with van der Waals surface area (Å²) in [4.78, 5) is 14.6. The first-order valence-electron chi connectivity index (χ1n) is 15.5. The molecule has 5 aromatic carbocycles. The number of pyridine rings is 2. The largest absolute Gasteiger partial charge is 0.454 e. The average Bonchev–Trinajstić information content (AvgIpc) is 3.83. The Hall–Kier alpha value is -6.53. The summed E-state index contributed by atoms with van der Waals surface area (Å²) in [5.41, 5.74) is 12.7. The lowest BCUT2D eigenvalue weighted by molar-refractivity contribution is 0.657. The minimum absolute atomic E-state index is 0.728. The molecule has 5 heterocycles. The van der Waals surface area contributed by atoms with Crippen LogP contribution in [0.25, 0.3) is 94.6 Å². The first-order valence-corrected chi connectivity index (χ1v) is 15.5. The third-order valence-corrected chi connectivity index (χ3v) is 8.90. The van der Waals surface area contributed by atoms with Crippen molar-refractivity contribution in [2.75, 3.05) is 0 Å². The molecule has 220 valence electrons. The van der Waals surface area contributed by atoms with Crippen LogP contribution in [0.3, 0.4) is 0 Å². The topological polar surface area (TPSA) is 69.9 Å². The van der Waals surface area contributed by atoms with Gasteiger partial charge in [-0.15, -0.1) is 0 Å². The molecular formula is C41H24N4O2. The lowest BCUT2D eigenvalue weighted by Gasteiger charge is -2.11. The third kappa shape index (κ3) is 3.95. The third-order valence-electron chi connectivity index (χ3n) is 8.90. The zero-order valence-electron chi connectivity index (χ0n) is 25.0. The van der Waals surface area contributed by atoms with Gasteiger partial charge in [-0.05, 0) is 77.4 Å². The zero-order valence-corrected chi connectivity index (χ0v) is 25.0. The van der Waals surface area contributed by atoms with Crippen molar-refractivity contribution >= 4 is 55.2 Å². The highest BCUT2D eigenvalue weighted by Gasteiger charge is 2.22. The van der Waals surface area contributed by atoms with Gasteiger partial charge >= 0.3 is 0 Å². The van der Waals surface area contributed by atoms with Gasteiger partial charge in [0.1, 0.15) is 27.9 Å². The van der Waals surface area contributed by atoms with Crippen molar-refractivity contribution in [3.8, 4) is 39.5 Å². The fraction of sp³-hybridized carbons (Fsp3) is 0. The summed E-state index contributed by atoms with van der Waals surface area (Å²) < 4.78 is 15.1. The van der Waals surface area contributed by atoms with Crippen LogP contribution < -0.4 is 0 Å². The quantitative estimate of drug-likeness (QED) is 0.200. The Bertz CT molecular complexity index is 2680. The van der Waals surface area contributed by atoms with Gasteiger partial charge in [-0.3, -0.25) is 9.55 Å². The smallest absolute Gasteiger partial charge is 0.165 e. The molecule has 6 nitrogen and oxygen atoms in total. The van der Waals surface area contributed by atoms with Crippen LogP contribution in [0.2, 0.25) is 0 Å². The Morgan fingerprint density at radius 3 is 1.72 bits per heavy atom. The van der Waals surface area contributed by atoms with Crippen molar-refractivity contribution in [2.45, 2.75) is 0 Å². The molecule has 0 spiro atoms. The summed E-state index contributed by atoms with van der Waals surface area (Å²) in [5, 5.41) is 1.98. The Morgan fingerprint density at radius 1 is 0.489 bits per heavy atom. The van der Waals surface area contributed by atoms with E-state index >= 15 is 0 Å². The molecule has 0 aliphatic carbocycles. The summed E-state index contributed by atoms with van der Waals surface area (Å²) in [5.74, 6) is 0.815. The number of para-hydroxylation sites is 4. The van der Waals surface area contributed by atoms with E-state index in [0.717, 1.165) is 94.6 Å². The number of aromatic nitrogens is 4. The summed E-state index contributed by atoms with van der Waals surface area (Å²) in [6.07, 6.45) is 1.80. The molecule has 10 rings (SSSR count). The predicted octanol–water partition coefficient (Wildman–Crippen LogP) is 10.6. The van der Waals surface area contributed by atoms with E-state index in [9.17, 15) is 0 Å². The van der Waals surface area contributed by atoms with Crippen LogP contribution in [-0.2, 0) is 0 Å². The van der Waals surface area contributed by atoms with Gasteiger partial charge in [0.2, 0.25) is 0 Å². The Kier molecular flexibility index (Phi) is 5.48. The summed E-state index contributed by atoms with van der Waals surface area (Å²) in [6, 6.07) is 47.4. The second-order valence-corrected chi connectivity index (χ2v) is 11.6. The fourth-order valence-corrected chi connectivity index (χ4v) is 6.69. The summed E-state index contributed by atoms with van der Waals surface area (Å²) >= 11 is 0. The van der Waals surface area contributed by atoms with Crippen molar-refractivity contribution in [1.29, 1.82) is 0 Å². The Morgan fingerprint density at radius 2 is 1.06 bits per heavy atom. The molecule has 10 aromatic rings. The molecule has 0 atom stereocenters. The van der Waals surface area contributed by atoms with Crippen molar-refractivity contribution in [2.24, 2.45) is 0 Å². The molecule has 0 aliphatic heterocycles. The van der Waals surface area contributed by atoms with E-state index in [0.29, 0.717) is 0 Å². The van der Waals surface area contributed by atoms with E-state index in [1.54, 1.807) is 6.20 Å². The van der Waals surface area contributed by atoms with E-state index in [1.807, 2.05) is 72.8 Å². The lowest BCUT2D eigenvalue weighted by Crippen LogP contribution is -1.98. The van der Waals surface area contributed by atoms with Gasteiger partial charge in [-0.25, -0.2) is 9.97 Å². The molecule has 0 N–H and O–H groups in total. The number of fused-ring (bicyclic) bond motifs is 7. The molecule has 0 fully saturated rings. The van der Waals surface area contributed by atoms with Gasteiger partial charge in [0.05, 0.1) is 16.6 Å². The standard InChI is InChI=1S/C41H24N4O2/c1-5-14-34-29(9-1)37-39(46-34)36(40-38(44-37)30-10-2-6-15-35(30)47-40)27-18-16-25(17-19-27)26-20-22-28(23-21-26)45-33-13-4-3-11-31(33)43-41(45)32-12-7-8-24-42-32/h1-24H. The monoisotopic (exact) mass is 604 g/mol. The number of imidazole rings is 1. The van der Waals surface area contributed by atoms with E-state index in [-0.39, 0.29) is 0 Å². The van der Waals surface area contributed by atoms with Crippen LogP contribution in [0.15, 0.2) is 155 Å². The maximum atomic E-state index is 6.44. The number of hydrogen-bond donors (Lipinski definition) is 0. The van der Waals surface area contributed by atoms with Gasteiger partial charge in [0, 0.05) is 22.7 Å². The van der Waals surface area contributed by atoms with E-state index in [4.69, 9.17) is 18.8 Å². The van der Waals surface area contributed by atoms with Crippen molar-refractivity contribution < 1.29 is 8.83 Å². The molecule has 0 saturated carbocycles. The first kappa shape index (κ1) is 25.8. The van der Waals surface area contributed by atoms with E-state index in [1.165, 1.54) is 0 Å². The summed E-state index contributed by atoms with van der Waals surface area (Å²) in [6.45, 7) is 0. The molecule has 47 heavy (non-hydrogen) atoms. The normalized spacial score (nSPS) is 11.8. The predicted molar refractivity (Wildman–Crippen MR) is 188 cm³/mol. The van der Waals surface area contributed by atoms with Gasteiger partial charge in [0.25, 0.3) is 0 Å². The zero-order chi connectivity index (χ0) is 30.9. The molecule has 0 saturated heterocycles. The SMILES string of the molecule is c1ccc(-c2nc3ccccc3n2-c2ccc(-c3ccc(-c4c5oc6ccccc6c5nc5c4oc4ccccc45)cc3)cc2)nc1. The maximum Gasteiger partial charge on any atom is 0.165 e. The highest BCUT2D eigenvalue weighted by Crippen LogP contribution is 2.43. The number of furan rings is 2. The molecule has 0 bridgehead atoms. The highest BCUT2D eigenvalue weighted by molar-refractivity contribution is 6.18. The molecule has 5 aromatic heterocycles. The number of rotatable bonds is 4. The van der Waals surface area contributed by atoms with Gasteiger partial charge in [-0.1, -0.05) is 78.9 Å². The number of nitrogens with zero attached hydrogens (tertiary/aromatic N) is 4. The van der Waals surface area contributed by atoms with Gasteiger partial charge in [-0.2, -0.15) is 0 Å². The Labute approximate surface area is 268 Å². The molecule has 0 aliphatic rings. The molecular weight excluding hydrogens is 580 g/mol. The fourth-order valence-electron chi connectivity index (χ4n) is 6.69. The first-order chi connectivity index (χ1) is 23.3. The van der Waals surface area contributed by atoms with Crippen LogP contribution in [0, 0.1) is 0 Å². The molecule has 0 unspecified atom stereocenters. The lowest BCUT2D eigenvalue weighted by atomic mass is 9.99. The maximum absolute atomic E-state index is 6.44. The van der Waals surface area contributed by atoms with Gasteiger partial charge < -0.3 is 8.83 Å². The minimum atomic E-state index is 0.728. The highest BCUT2D eigenvalue weighted by atomic mass is 16.3. The van der Waals surface area contributed by atoms with Crippen molar-refractivity contribution in [3.05, 3.63) is 146 Å². The van der Waals surface area contributed by atoms with Crippen molar-refractivity contribution in [3.63, 3.8) is 0 Å². The van der Waals surface area contributed by atoms with E-state index < -0.39 is 0 Å². The van der Waals surface area contributed by atoms with Crippen LogP contribution >= 0.6 is 0 Å². The average molecular weight is 605 g/mol. The van der Waals surface area contributed by atoms with Crippen LogP contribution in [0.1, 0.15) is 0 Å². The van der Waals surface area contributed by atoms with Crippen LogP contribution in [0.5, 0.6) is 0 Å².